The number of fused-ring (bicyclic) bond motifs is 1. The van der Waals surface area contributed by atoms with Crippen molar-refractivity contribution in [3.8, 4) is 11.3 Å². The zero-order valence-electron chi connectivity index (χ0n) is 20.4. The molecule has 1 heterocycles. The highest BCUT2D eigenvalue weighted by atomic mass is 19.1. The lowest BCUT2D eigenvalue weighted by Gasteiger charge is -2.23. The number of unbranched alkanes of at least 4 members (excludes halogenated alkanes) is 1. The van der Waals surface area contributed by atoms with Gasteiger partial charge < -0.3 is 10.0 Å². The van der Waals surface area contributed by atoms with Gasteiger partial charge in [-0.05, 0) is 75.4 Å². The molecule has 4 aromatic rings. The molecule has 0 bridgehead atoms. The van der Waals surface area contributed by atoms with Crippen LogP contribution in [-0.4, -0.2) is 53.1 Å². The number of hydrogen-bond donors (Lipinski definition) is 1. The number of halogens is 1. The summed E-state index contributed by atoms with van der Waals surface area (Å²) in [7, 11) is 3.97. The number of hydrogen-bond acceptors (Lipinski definition) is 4. The van der Waals surface area contributed by atoms with Crippen LogP contribution in [0.5, 0.6) is 0 Å². The molecule has 0 saturated carbocycles. The van der Waals surface area contributed by atoms with E-state index in [0.29, 0.717) is 46.2 Å². The van der Waals surface area contributed by atoms with Crippen molar-refractivity contribution in [1.29, 1.82) is 0 Å². The molecule has 8 heteroatoms. The fourth-order valence-corrected chi connectivity index (χ4v) is 4.25. The third-order valence-electron chi connectivity index (χ3n) is 6.06. The molecule has 1 N–H and O–H groups in total. The van der Waals surface area contributed by atoms with E-state index in [-0.39, 0.29) is 17.9 Å². The SMILES string of the molecule is CN(C)CCCCN(C(=O)O)c1ccccc1Cn1nc(-c2ccc(F)cc2)c2ccccc2c1=O. The van der Waals surface area contributed by atoms with Crippen LogP contribution in [0, 0.1) is 5.82 Å². The van der Waals surface area contributed by atoms with Crippen molar-refractivity contribution < 1.29 is 14.3 Å². The van der Waals surface area contributed by atoms with Crippen molar-refractivity contribution in [2.24, 2.45) is 0 Å². The van der Waals surface area contributed by atoms with Crippen LogP contribution in [0.1, 0.15) is 18.4 Å². The maximum atomic E-state index is 13.6. The Morgan fingerprint density at radius 1 is 0.917 bits per heavy atom. The highest BCUT2D eigenvalue weighted by Gasteiger charge is 2.19. The van der Waals surface area contributed by atoms with Gasteiger partial charge in [-0.1, -0.05) is 36.4 Å². The predicted molar refractivity (Wildman–Crippen MR) is 140 cm³/mol. The summed E-state index contributed by atoms with van der Waals surface area (Å²) in [6.45, 7) is 1.31. The minimum atomic E-state index is -1.04. The zero-order valence-corrected chi connectivity index (χ0v) is 20.4. The summed E-state index contributed by atoms with van der Waals surface area (Å²) in [5, 5.41) is 15.7. The van der Waals surface area contributed by atoms with Gasteiger partial charge in [0.15, 0.2) is 0 Å². The van der Waals surface area contributed by atoms with Gasteiger partial charge in [0.2, 0.25) is 0 Å². The Hall–Kier alpha value is -4.04. The van der Waals surface area contributed by atoms with Crippen molar-refractivity contribution >= 4 is 22.6 Å². The molecule has 7 nitrogen and oxygen atoms in total. The highest BCUT2D eigenvalue weighted by molar-refractivity contribution is 5.93. The number of rotatable bonds is 9. The topological polar surface area (TPSA) is 78.7 Å². The molecule has 186 valence electrons. The first kappa shape index (κ1) is 25.1. The lowest BCUT2D eigenvalue weighted by molar-refractivity contribution is 0.201. The molecular formula is C28H29FN4O3. The van der Waals surface area contributed by atoms with E-state index in [1.54, 1.807) is 36.4 Å². The Morgan fingerprint density at radius 2 is 1.56 bits per heavy atom. The largest absolute Gasteiger partial charge is 0.465 e. The number of amides is 1. The van der Waals surface area contributed by atoms with E-state index in [9.17, 15) is 19.1 Å². The second-order valence-electron chi connectivity index (χ2n) is 8.94. The van der Waals surface area contributed by atoms with E-state index in [4.69, 9.17) is 0 Å². The average molecular weight is 489 g/mol. The first-order chi connectivity index (χ1) is 17.3. The second-order valence-corrected chi connectivity index (χ2v) is 8.94. The minimum Gasteiger partial charge on any atom is -0.465 e. The predicted octanol–water partition coefficient (Wildman–Crippen LogP) is 5.08. The number of benzene rings is 3. The smallest absolute Gasteiger partial charge is 0.411 e. The van der Waals surface area contributed by atoms with Crippen molar-refractivity contribution in [2.45, 2.75) is 19.4 Å². The van der Waals surface area contributed by atoms with E-state index in [1.807, 2.05) is 38.4 Å². The van der Waals surface area contributed by atoms with Crippen molar-refractivity contribution in [2.75, 3.05) is 32.1 Å². The molecule has 0 atom stereocenters. The summed E-state index contributed by atoms with van der Waals surface area (Å²) < 4.78 is 14.9. The van der Waals surface area contributed by atoms with Gasteiger partial charge in [-0.15, -0.1) is 0 Å². The minimum absolute atomic E-state index is 0.0928. The van der Waals surface area contributed by atoms with Crippen LogP contribution in [0.25, 0.3) is 22.0 Å². The Bertz CT molecular complexity index is 1420. The van der Waals surface area contributed by atoms with Crippen LogP contribution in [-0.2, 0) is 6.54 Å². The first-order valence-corrected chi connectivity index (χ1v) is 11.8. The number of carbonyl (C=O) groups is 1. The third-order valence-corrected chi connectivity index (χ3v) is 6.06. The van der Waals surface area contributed by atoms with Crippen LogP contribution in [0.4, 0.5) is 14.9 Å². The number of aromatic nitrogens is 2. The van der Waals surface area contributed by atoms with Gasteiger partial charge >= 0.3 is 6.09 Å². The quantitative estimate of drug-likeness (QED) is 0.333. The molecule has 0 aliphatic heterocycles. The van der Waals surface area contributed by atoms with Crippen LogP contribution in [0.15, 0.2) is 77.6 Å². The molecule has 0 spiro atoms. The molecule has 4 rings (SSSR count). The molecule has 0 aliphatic rings. The van der Waals surface area contributed by atoms with Gasteiger partial charge in [-0.25, -0.2) is 13.9 Å². The summed E-state index contributed by atoms with van der Waals surface area (Å²) in [4.78, 5) is 28.9. The van der Waals surface area contributed by atoms with E-state index in [2.05, 4.69) is 10.00 Å². The maximum Gasteiger partial charge on any atom is 0.411 e. The van der Waals surface area contributed by atoms with Crippen LogP contribution < -0.4 is 10.5 Å². The van der Waals surface area contributed by atoms with E-state index in [0.717, 1.165) is 13.0 Å². The molecule has 0 saturated heterocycles. The lowest BCUT2D eigenvalue weighted by Crippen LogP contribution is -2.32. The lowest BCUT2D eigenvalue weighted by atomic mass is 10.0. The summed E-state index contributed by atoms with van der Waals surface area (Å²) in [5.74, 6) is -0.357. The van der Waals surface area contributed by atoms with Gasteiger partial charge in [0, 0.05) is 17.5 Å². The monoisotopic (exact) mass is 488 g/mol. The Kier molecular flexibility index (Phi) is 7.75. The maximum absolute atomic E-state index is 13.6. The van der Waals surface area contributed by atoms with Crippen LogP contribution in [0.3, 0.4) is 0 Å². The zero-order chi connectivity index (χ0) is 25.7. The van der Waals surface area contributed by atoms with E-state index in [1.165, 1.54) is 21.7 Å². The molecule has 1 aromatic heterocycles. The molecule has 3 aromatic carbocycles. The van der Waals surface area contributed by atoms with Gasteiger partial charge in [-0.3, -0.25) is 9.69 Å². The average Bonchev–Trinajstić information content (AvgIpc) is 2.86. The second kappa shape index (κ2) is 11.1. The van der Waals surface area contributed by atoms with E-state index < -0.39 is 6.09 Å². The standard InChI is InChI=1S/C28H29FN4O3/c1-31(2)17-7-8-18-32(28(35)36)25-12-6-3-9-21(25)19-33-27(34)24-11-5-4-10-23(24)26(30-33)20-13-15-22(29)16-14-20/h3-6,9-16H,7-8,17-19H2,1-2H3,(H,35,36). The number of nitrogens with zero attached hydrogens (tertiary/aromatic N) is 4. The molecular weight excluding hydrogens is 459 g/mol. The van der Waals surface area contributed by atoms with Gasteiger partial charge in [0.05, 0.1) is 23.3 Å². The molecule has 0 unspecified atom stereocenters. The summed E-state index contributed by atoms with van der Waals surface area (Å²) in [5.41, 5.74) is 2.16. The molecule has 36 heavy (non-hydrogen) atoms. The molecule has 1 amide bonds. The Labute approximate surface area is 209 Å². The fourth-order valence-electron chi connectivity index (χ4n) is 4.25. The van der Waals surface area contributed by atoms with Crippen molar-refractivity contribution in [3.05, 3.63) is 94.5 Å². The fraction of sp³-hybridized carbons (Fsp3) is 0.250. The van der Waals surface area contributed by atoms with E-state index >= 15 is 0 Å². The molecule has 0 radical (unpaired) electrons. The molecule has 0 aliphatic carbocycles. The third kappa shape index (κ3) is 5.60. The number of para-hydroxylation sites is 1. The number of carboxylic acid groups (broad SMARTS) is 1. The van der Waals surface area contributed by atoms with Gasteiger partial charge in [0.25, 0.3) is 5.56 Å². The first-order valence-electron chi connectivity index (χ1n) is 11.8. The molecule has 0 fully saturated rings. The summed E-state index contributed by atoms with van der Waals surface area (Å²) in [6, 6.07) is 20.3. The summed E-state index contributed by atoms with van der Waals surface area (Å²) in [6.07, 6.45) is 0.533. The normalized spacial score (nSPS) is 11.2. The Balaban J connectivity index is 1.74. The van der Waals surface area contributed by atoms with Crippen LogP contribution in [0.2, 0.25) is 0 Å². The van der Waals surface area contributed by atoms with Crippen LogP contribution >= 0.6 is 0 Å². The van der Waals surface area contributed by atoms with Gasteiger partial charge in [0.1, 0.15) is 5.82 Å². The highest BCUT2D eigenvalue weighted by Crippen LogP contribution is 2.26. The summed E-state index contributed by atoms with van der Waals surface area (Å²) >= 11 is 0. The van der Waals surface area contributed by atoms with Gasteiger partial charge in [-0.2, -0.15) is 5.10 Å². The van der Waals surface area contributed by atoms with Crippen molar-refractivity contribution in [1.82, 2.24) is 14.7 Å². The van der Waals surface area contributed by atoms with Crippen molar-refractivity contribution in [3.63, 3.8) is 0 Å². The Morgan fingerprint density at radius 3 is 2.25 bits per heavy atom. The number of anilines is 1.